The molecule has 1 fully saturated rings. The molecule has 0 amide bonds. The van der Waals surface area contributed by atoms with Gasteiger partial charge in [0.15, 0.2) is 5.13 Å². The minimum Gasteiger partial charge on any atom is -0.508 e. The molecule has 3 N–H and O–H groups in total. The van der Waals surface area contributed by atoms with Crippen LogP contribution in [0.3, 0.4) is 0 Å². The number of benzene rings is 2. The molecular weight excluding hydrogens is 356 g/mol. The second-order valence-corrected chi connectivity index (χ2v) is 7.92. The van der Waals surface area contributed by atoms with Crippen molar-refractivity contribution in [2.24, 2.45) is 0 Å². The van der Waals surface area contributed by atoms with Gasteiger partial charge in [0, 0.05) is 16.8 Å². The number of phenolic OH excluding ortho intramolecular Hbond substituents is 1. The molecule has 0 aliphatic carbocycles. The van der Waals surface area contributed by atoms with Gasteiger partial charge in [0.25, 0.3) is 0 Å². The third-order valence-electron chi connectivity index (χ3n) is 4.97. The van der Waals surface area contributed by atoms with Crippen LogP contribution in [0.25, 0.3) is 0 Å². The zero-order valence-corrected chi connectivity index (χ0v) is 16.3. The van der Waals surface area contributed by atoms with E-state index in [2.05, 4.69) is 46.8 Å². The highest BCUT2D eigenvalue weighted by molar-refractivity contribution is 7.13. The van der Waals surface area contributed by atoms with Crippen LogP contribution >= 0.6 is 11.3 Å². The van der Waals surface area contributed by atoms with Crippen LogP contribution in [-0.4, -0.2) is 36.3 Å². The summed E-state index contributed by atoms with van der Waals surface area (Å²) >= 11 is 1.67. The predicted octanol–water partition coefficient (Wildman–Crippen LogP) is 2.81. The molecule has 1 saturated heterocycles. The number of thiazole rings is 1. The van der Waals surface area contributed by atoms with Gasteiger partial charge in [-0.2, -0.15) is 0 Å². The van der Waals surface area contributed by atoms with E-state index in [0.29, 0.717) is 5.75 Å². The predicted molar refractivity (Wildman–Crippen MR) is 111 cm³/mol. The van der Waals surface area contributed by atoms with Gasteiger partial charge in [-0.05, 0) is 43.3 Å². The average Bonchev–Trinajstić information content (AvgIpc) is 3.12. The topological polar surface area (TPSA) is 52.8 Å². The van der Waals surface area contributed by atoms with Crippen molar-refractivity contribution >= 4 is 27.8 Å². The third kappa shape index (κ3) is 4.59. The Balaban J connectivity index is 1.30. The van der Waals surface area contributed by atoms with E-state index in [4.69, 9.17) is 4.98 Å². The quantitative estimate of drug-likeness (QED) is 0.636. The molecule has 2 heterocycles. The summed E-state index contributed by atoms with van der Waals surface area (Å²) in [6, 6.07) is 15.9. The van der Waals surface area contributed by atoms with E-state index in [1.54, 1.807) is 28.4 Å². The molecule has 5 nitrogen and oxygen atoms in total. The van der Waals surface area contributed by atoms with Crippen molar-refractivity contribution in [3.05, 3.63) is 65.2 Å². The zero-order valence-electron chi connectivity index (χ0n) is 15.5. The SMILES string of the molecule is Cc1ccc(Nc2nc(C[NH+]3CCN(c4ccc(O)cc4)CC3)cs2)cc1. The van der Waals surface area contributed by atoms with Crippen molar-refractivity contribution in [2.45, 2.75) is 13.5 Å². The van der Waals surface area contributed by atoms with Gasteiger partial charge >= 0.3 is 0 Å². The fraction of sp³-hybridized carbons (Fsp3) is 0.286. The van der Waals surface area contributed by atoms with E-state index < -0.39 is 0 Å². The summed E-state index contributed by atoms with van der Waals surface area (Å²) in [4.78, 5) is 8.70. The van der Waals surface area contributed by atoms with Crippen molar-refractivity contribution < 1.29 is 10.0 Å². The molecule has 2 aromatic carbocycles. The maximum absolute atomic E-state index is 9.43. The van der Waals surface area contributed by atoms with E-state index in [1.807, 2.05) is 12.1 Å². The number of nitrogens with one attached hydrogen (secondary N) is 2. The molecule has 0 unspecified atom stereocenters. The number of piperazine rings is 1. The smallest absolute Gasteiger partial charge is 0.187 e. The second-order valence-electron chi connectivity index (χ2n) is 7.07. The highest BCUT2D eigenvalue weighted by Gasteiger charge is 2.21. The van der Waals surface area contributed by atoms with E-state index in [0.717, 1.165) is 49.2 Å². The van der Waals surface area contributed by atoms with Crippen molar-refractivity contribution in [3.8, 4) is 5.75 Å². The summed E-state index contributed by atoms with van der Waals surface area (Å²) in [5.74, 6) is 0.321. The van der Waals surface area contributed by atoms with Gasteiger partial charge in [-0.3, -0.25) is 0 Å². The molecule has 0 atom stereocenters. The molecule has 4 rings (SSSR count). The monoisotopic (exact) mass is 381 g/mol. The lowest BCUT2D eigenvalue weighted by Crippen LogP contribution is -3.13. The maximum atomic E-state index is 9.43. The average molecular weight is 382 g/mol. The Morgan fingerprint density at radius 2 is 1.78 bits per heavy atom. The Labute approximate surface area is 163 Å². The van der Waals surface area contributed by atoms with Crippen molar-refractivity contribution in [1.82, 2.24) is 4.98 Å². The Hall–Kier alpha value is -2.57. The van der Waals surface area contributed by atoms with Crippen molar-refractivity contribution in [2.75, 3.05) is 36.4 Å². The molecule has 0 spiro atoms. The number of anilines is 3. The van der Waals surface area contributed by atoms with Gasteiger partial charge < -0.3 is 20.2 Å². The summed E-state index contributed by atoms with van der Waals surface area (Å²) < 4.78 is 0. The minimum absolute atomic E-state index is 0.321. The highest BCUT2D eigenvalue weighted by atomic mass is 32.1. The largest absolute Gasteiger partial charge is 0.508 e. The lowest BCUT2D eigenvalue weighted by molar-refractivity contribution is -0.914. The molecule has 0 saturated carbocycles. The molecule has 1 aliphatic rings. The molecule has 1 aromatic heterocycles. The van der Waals surface area contributed by atoms with Gasteiger partial charge in [-0.1, -0.05) is 17.7 Å². The van der Waals surface area contributed by atoms with Crippen LogP contribution in [0.15, 0.2) is 53.9 Å². The molecule has 0 bridgehead atoms. The molecule has 1 aliphatic heterocycles. The Morgan fingerprint density at radius 1 is 1.07 bits per heavy atom. The van der Waals surface area contributed by atoms with Crippen LogP contribution in [0.5, 0.6) is 5.75 Å². The molecular formula is C21H25N4OS+. The van der Waals surface area contributed by atoms with Gasteiger partial charge in [0.1, 0.15) is 18.0 Å². The highest BCUT2D eigenvalue weighted by Crippen LogP contribution is 2.21. The molecule has 3 aromatic rings. The van der Waals surface area contributed by atoms with Crippen LogP contribution in [0.1, 0.15) is 11.3 Å². The number of aryl methyl sites for hydroxylation is 1. The van der Waals surface area contributed by atoms with Crippen molar-refractivity contribution in [1.29, 1.82) is 0 Å². The van der Waals surface area contributed by atoms with Gasteiger partial charge in [0.05, 0.1) is 26.2 Å². The van der Waals surface area contributed by atoms with E-state index >= 15 is 0 Å². The van der Waals surface area contributed by atoms with Crippen LogP contribution in [0, 0.1) is 6.92 Å². The number of aromatic nitrogens is 1. The van der Waals surface area contributed by atoms with Crippen LogP contribution in [0.2, 0.25) is 0 Å². The van der Waals surface area contributed by atoms with E-state index in [1.165, 1.54) is 11.3 Å². The lowest BCUT2D eigenvalue weighted by Gasteiger charge is -2.33. The second kappa shape index (κ2) is 7.98. The molecule has 27 heavy (non-hydrogen) atoms. The fourth-order valence-corrected chi connectivity index (χ4v) is 4.11. The molecule has 0 radical (unpaired) electrons. The zero-order chi connectivity index (χ0) is 18.6. The number of nitrogens with zero attached hydrogens (tertiary/aromatic N) is 2. The standard InChI is InChI=1S/C21H24N4OS/c1-16-2-4-17(5-3-16)22-21-23-18(15-27-21)14-24-10-12-25(13-11-24)19-6-8-20(26)9-7-19/h2-9,15,26H,10-14H2,1H3,(H,22,23)/p+1. The number of phenols is 1. The summed E-state index contributed by atoms with van der Waals surface area (Å²) in [7, 11) is 0. The fourth-order valence-electron chi connectivity index (χ4n) is 3.38. The van der Waals surface area contributed by atoms with Gasteiger partial charge in [0.2, 0.25) is 0 Å². The van der Waals surface area contributed by atoms with Gasteiger partial charge in [-0.15, -0.1) is 11.3 Å². The molecule has 140 valence electrons. The first-order chi connectivity index (χ1) is 13.2. The number of hydrogen-bond acceptors (Lipinski definition) is 5. The minimum atomic E-state index is 0.321. The van der Waals surface area contributed by atoms with Crippen molar-refractivity contribution in [3.63, 3.8) is 0 Å². The summed E-state index contributed by atoms with van der Waals surface area (Å²) in [5.41, 5.74) is 4.68. The molecule has 6 heteroatoms. The van der Waals surface area contributed by atoms with E-state index in [9.17, 15) is 5.11 Å². The summed E-state index contributed by atoms with van der Waals surface area (Å²) in [6.45, 7) is 7.31. The Kier molecular flexibility index (Phi) is 5.27. The van der Waals surface area contributed by atoms with Crippen LogP contribution < -0.4 is 15.1 Å². The number of quaternary nitrogens is 1. The van der Waals surface area contributed by atoms with E-state index in [-0.39, 0.29) is 0 Å². The van der Waals surface area contributed by atoms with Crippen LogP contribution in [-0.2, 0) is 6.54 Å². The van der Waals surface area contributed by atoms with Gasteiger partial charge in [-0.25, -0.2) is 4.98 Å². The first kappa shape index (κ1) is 17.8. The maximum Gasteiger partial charge on any atom is 0.187 e. The number of aromatic hydroxyl groups is 1. The normalized spacial score (nSPS) is 15.1. The summed E-state index contributed by atoms with van der Waals surface area (Å²) in [6.07, 6.45) is 0. The summed E-state index contributed by atoms with van der Waals surface area (Å²) in [5, 5.41) is 15.9. The number of hydrogen-bond donors (Lipinski definition) is 3. The Morgan fingerprint density at radius 3 is 2.48 bits per heavy atom. The first-order valence-corrected chi connectivity index (χ1v) is 10.2. The van der Waals surface area contributed by atoms with Crippen LogP contribution in [0.4, 0.5) is 16.5 Å². The Bertz CT molecular complexity index is 868. The third-order valence-corrected chi connectivity index (χ3v) is 5.78. The first-order valence-electron chi connectivity index (χ1n) is 9.31. The number of rotatable bonds is 5. The lowest BCUT2D eigenvalue weighted by atomic mass is 10.2.